The molecule has 0 radical (unpaired) electrons. The monoisotopic (exact) mass is 303 g/mol. The van der Waals surface area contributed by atoms with Gasteiger partial charge in [0.25, 0.3) is 0 Å². The molecule has 0 saturated carbocycles. The van der Waals surface area contributed by atoms with Crippen molar-refractivity contribution in [3.05, 3.63) is 23.8 Å². The highest BCUT2D eigenvalue weighted by molar-refractivity contribution is 6.09. The molecule has 2 heterocycles. The molecule has 6 heteroatoms. The molecule has 3 N–H and O–H groups in total. The van der Waals surface area contributed by atoms with Crippen LogP contribution in [0.2, 0.25) is 0 Å². The van der Waals surface area contributed by atoms with Crippen molar-refractivity contribution in [3.63, 3.8) is 0 Å². The van der Waals surface area contributed by atoms with Crippen LogP contribution in [-0.2, 0) is 14.9 Å². The second kappa shape index (κ2) is 4.63. The molecule has 3 rings (SSSR count). The number of carbonyl (C=O) groups is 2. The molecular weight excluding hydrogens is 282 g/mol. The first-order chi connectivity index (χ1) is 10.2. The van der Waals surface area contributed by atoms with Gasteiger partial charge in [0.2, 0.25) is 5.91 Å². The largest absolute Gasteiger partial charge is 0.444 e. The molecule has 0 aromatic heterocycles. The van der Waals surface area contributed by atoms with Crippen LogP contribution in [0.4, 0.5) is 16.2 Å². The predicted molar refractivity (Wildman–Crippen MR) is 83.6 cm³/mol. The number of rotatable bonds is 0. The molecule has 0 aliphatic carbocycles. The number of likely N-dealkylation sites (tertiary alicyclic amines) is 1. The Kier molecular flexibility index (Phi) is 3.09. The summed E-state index contributed by atoms with van der Waals surface area (Å²) in [6.45, 7) is 6.31. The van der Waals surface area contributed by atoms with Crippen LogP contribution in [0.15, 0.2) is 18.2 Å². The molecule has 2 amide bonds. The number of nitrogens with one attached hydrogen (secondary N) is 1. The van der Waals surface area contributed by atoms with Crippen LogP contribution in [0.3, 0.4) is 0 Å². The fourth-order valence-electron chi connectivity index (χ4n) is 3.16. The van der Waals surface area contributed by atoms with Gasteiger partial charge in [0.05, 0.1) is 16.8 Å². The van der Waals surface area contributed by atoms with Gasteiger partial charge in [0.15, 0.2) is 0 Å². The van der Waals surface area contributed by atoms with Gasteiger partial charge >= 0.3 is 6.09 Å². The van der Waals surface area contributed by atoms with Crippen LogP contribution in [0, 0.1) is 0 Å². The number of hydrogen-bond donors (Lipinski definition) is 2. The number of nitrogens with zero attached hydrogens (tertiary/aromatic N) is 1. The number of ether oxygens (including phenoxy) is 1. The van der Waals surface area contributed by atoms with E-state index in [0.29, 0.717) is 30.9 Å². The van der Waals surface area contributed by atoms with E-state index in [1.165, 1.54) is 0 Å². The van der Waals surface area contributed by atoms with Crippen molar-refractivity contribution in [2.75, 3.05) is 24.1 Å². The average molecular weight is 303 g/mol. The van der Waals surface area contributed by atoms with E-state index in [2.05, 4.69) is 5.32 Å². The third kappa shape index (κ3) is 2.19. The summed E-state index contributed by atoms with van der Waals surface area (Å²) in [5.74, 6) is -0.0912. The number of anilines is 2. The fourth-order valence-corrected chi connectivity index (χ4v) is 3.16. The van der Waals surface area contributed by atoms with E-state index in [0.717, 1.165) is 5.56 Å². The third-order valence-electron chi connectivity index (χ3n) is 4.21. The lowest BCUT2D eigenvalue weighted by Gasteiger charge is -2.26. The van der Waals surface area contributed by atoms with Crippen LogP contribution >= 0.6 is 0 Å². The van der Waals surface area contributed by atoms with Crippen molar-refractivity contribution in [1.29, 1.82) is 0 Å². The zero-order valence-electron chi connectivity index (χ0n) is 13.1. The molecule has 22 heavy (non-hydrogen) atoms. The van der Waals surface area contributed by atoms with Crippen molar-refractivity contribution < 1.29 is 14.3 Å². The maximum absolute atomic E-state index is 12.5. The molecule has 1 saturated heterocycles. The van der Waals surface area contributed by atoms with E-state index in [1.807, 2.05) is 32.9 Å². The summed E-state index contributed by atoms with van der Waals surface area (Å²) in [4.78, 5) is 26.3. The molecule has 1 unspecified atom stereocenters. The number of nitrogen functional groups attached to an aromatic ring is 1. The van der Waals surface area contributed by atoms with Gasteiger partial charge in [-0.15, -0.1) is 0 Å². The summed E-state index contributed by atoms with van der Waals surface area (Å²) in [7, 11) is 0. The number of para-hydroxylation sites is 1. The Hall–Kier alpha value is -2.24. The topological polar surface area (TPSA) is 84.7 Å². The van der Waals surface area contributed by atoms with Gasteiger partial charge in [-0.2, -0.15) is 0 Å². The summed E-state index contributed by atoms with van der Waals surface area (Å²) >= 11 is 0. The molecule has 6 nitrogen and oxygen atoms in total. The zero-order chi connectivity index (χ0) is 16.1. The van der Waals surface area contributed by atoms with E-state index in [4.69, 9.17) is 10.5 Å². The summed E-state index contributed by atoms with van der Waals surface area (Å²) < 4.78 is 5.40. The number of amides is 2. The van der Waals surface area contributed by atoms with E-state index in [-0.39, 0.29) is 12.0 Å². The minimum atomic E-state index is -0.707. The number of nitrogens with two attached hydrogens (primary N) is 1. The molecule has 2 aliphatic heterocycles. The van der Waals surface area contributed by atoms with Gasteiger partial charge in [0, 0.05) is 13.1 Å². The summed E-state index contributed by atoms with van der Waals surface area (Å²) in [5, 5.41) is 2.86. The molecule has 1 aromatic rings. The summed E-state index contributed by atoms with van der Waals surface area (Å²) in [5.41, 5.74) is 6.80. The quantitative estimate of drug-likeness (QED) is 0.719. The third-order valence-corrected chi connectivity index (χ3v) is 4.21. The molecule has 1 fully saturated rings. The van der Waals surface area contributed by atoms with E-state index < -0.39 is 11.0 Å². The van der Waals surface area contributed by atoms with Crippen molar-refractivity contribution >= 4 is 23.4 Å². The molecular formula is C16H21N3O3. The lowest BCUT2D eigenvalue weighted by atomic mass is 9.81. The minimum Gasteiger partial charge on any atom is -0.444 e. The second-order valence-corrected chi connectivity index (χ2v) is 6.96. The highest BCUT2D eigenvalue weighted by atomic mass is 16.6. The Bertz CT molecular complexity index is 651. The van der Waals surface area contributed by atoms with Crippen LogP contribution in [0.5, 0.6) is 0 Å². The lowest BCUT2D eigenvalue weighted by molar-refractivity contribution is -0.120. The number of fused-ring (bicyclic) bond motifs is 2. The van der Waals surface area contributed by atoms with Gasteiger partial charge in [-0.25, -0.2) is 4.79 Å². The Labute approximate surface area is 129 Å². The average Bonchev–Trinajstić information content (AvgIpc) is 2.95. The van der Waals surface area contributed by atoms with Crippen molar-refractivity contribution in [2.24, 2.45) is 0 Å². The first-order valence-corrected chi connectivity index (χ1v) is 7.41. The number of hydrogen-bond acceptors (Lipinski definition) is 4. The van der Waals surface area contributed by atoms with Crippen molar-refractivity contribution in [1.82, 2.24) is 4.90 Å². The molecule has 2 aliphatic rings. The van der Waals surface area contributed by atoms with Crippen molar-refractivity contribution in [3.8, 4) is 0 Å². The molecule has 0 bridgehead atoms. The smallest absolute Gasteiger partial charge is 0.410 e. The first-order valence-electron chi connectivity index (χ1n) is 7.41. The molecule has 1 spiro atoms. The molecule has 1 aromatic carbocycles. The SMILES string of the molecule is CC(C)(C)OC(=O)N1CCC2(C1)C(=O)Nc1c(N)cccc12. The Morgan fingerprint density at radius 3 is 2.82 bits per heavy atom. The number of carbonyl (C=O) groups excluding carboxylic acids is 2. The Morgan fingerprint density at radius 2 is 2.14 bits per heavy atom. The Balaban J connectivity index is 1.87. The van der Waals surface area contributed by atoms with Gasteiger partial charge in [-0.3, -0.25) is 4.79 Å². The predicted octanol–water partition coefficient (Wildman–Crippen LogP) is 2.10. The van der Waals surface area contributed by atoms with Crippen molar-refractivity contribution in [2.45, 2.75) is 38.2 Å². The van der Waals surface area contributed by atoms with Gasteiger partial charge in [-0.05, 0) is 38.8 Å². The highest BCUT2D eigenvalue weighted by Gasteiger charge is 2.53. The van der Waals surface area contributed by atoms with Crippen LogP contribution in [0.25, 0.3) is 0 Å². The maximum Gasteiger partial charge on any atom is 0.410 e. The lowest BCUT2D eigenvalue weighted by Crippen LogP contribution is -2.41. The summed E-state index contributed by atoms with van der Waals surface area (Å²) in [6.07, 6.45) is 0.198. The van der Waals surface area contributed by atoms with Crippen LogP contribution < -0.4 is 11.1 Å². The maximum atomic E-state index is 12.5. The Morgan fingerprint density at radius 1 is 1.41 bits per heavy atom. The van der Waals surface area contributed by atoms with Crippen LogP contribution in [0.1, 0.15) is 32.8 Å². The van der Waals surface area contributed by atoms with Gasteiger partial charge in [0.1, 0.15) is 5.60 Å². The van der Waals surface area contributed by atoms with E-state index in [9.17, 15) is 9.59 Å². The number of benzene rings is 1. The van der Waals surface area contributed by atoms with Gasteiger partial charge in [-0.1, -0.05) is 12.1 Å². The zero-order valence-corrected chi connectivity index (χ0v) is 13.1. The minimum absolute atomic E-state index is 0.0912. The fraction of sp³-hybridized carbons (Fsp3) is 0.500. The highest BCUT2D eigenvalue weighted by Crippen LogP contribution is 2.46. The normalized spacial score (nSPS) is 23.6. The molecule has 118 valence electrons. The first kappa shape index (κ1) is 14.7. The van der Waals surface area contributed by atoms with Gasteiger partial charge < -0.3 is 20.7 Å². The second-order valence-electron chi connectivity index (χ2n) is 6.96. The standard InChI is InChI=1S/C16H21N3O3/c1-15(2,3)22-14(21)19-8-7-16(9-19)10-5-4-6-11(17)12(10)18-13(16)20/h4-6H,7-9,17H2,1-3H3,(H,18,20). The van der Waals surface area contributed by atoms with E-state index in [1.54, 1.807) is 11.0 Å². The van der Waals surface area contributed by atoms with Crippen LogP contribution in [-0.4, -0.2) is 35.6 Å². The van der Waals surface area contributed by atoms with E-state index >= 15 is 0 Å². The summed E-state index contributed by atoms with van der Waals surface area (Å²) in [6, 6.07) is 5.51. The molecule has 1 atom stereocenters.